The number of rotatable bonds is 10. The number of imide groups is 1. The van der Waals surface area contributed by atoms with Gasteiger partial charge in [-0.25, -0.2) is 0 Å². The van der Waals surface area contributed by atoms with Crippen molar-refractivity contribution in [1.82, 2.24) is 4.90 Å². The van der Waals surface area contributed by atoms with Crippen molar-refractivity contribution < 1.29 is 19.1 Å². The fraction of sp³-hybridized carbons (Fsp3) is 0.379. The van der Waals surface area contributed by atoms with Crippen molar-refractivity contribution >= 4 is 40.6 Å². The lowest BCUT2D eigenvalue weighted by molar-refractivity contribution is -0.123. The second-order valence-corrected chi connectivity index (χ2v) is 10.5. The molecule has 1 aliphatic heterocycles. The number of halogens is 1. The number of amides is 2. The van der Waals surface area contributed by atoms with Gasteiger partial charge in [-0.2, -0.15) is 0 Å². The van der Waals surface area contributed by atoms with E-state index in [1.807, 2.05) is 43.3 Å². The van der Waals surface area contributed by atoms with Crippen molar-refractivity contribution in [3.8, 4) is 11.5 Å². The Kier molecular flexibility index (Phi) is 9.16. The molecule has 2 fully saturated rings. The summed E-state index contributed by atoms with van der Waals surface area (Å²) in [6.07, 6.45) is 9.89. The molecule has 1 aliphatic carbocycles. The lowest BCUT2D eigenvalue weighted by atomic mass is 9.89. The second-order valence-electron chi connectivity index (χ2n) is 9.11. The highest BCUT2D eigenvalue weighted by molar-refractivity contribution is 8.18. The minimum atomic E-state index is -0.210. The van der Waals surface area contributed by atoms with Gasteiger partial charge in [0.05, 0.1) is 11.5 Å². The molecule has 1 saturated heterocycles. The van der Waals surface area contributed by atoms with E-state index in [1.165, 1.54) is 24.2 Å². The third-order valence-corrected chi connectivity index (χ3v) is 7.76. The molecule has 0 spiro atoms. The second kappa shape index (κ2) is 12.5. The predicted octanol–water partition coefficient (Wildman–Crippen LogP) is 7.66. The summed E-state index contributed by atoms with van der Waals surface area (Å²) in [5, 5.41) is 0.453. The van der Waals surface area contributed by atoms with Crippen LogP contribution in [0.4, 0.5) is 4.79 Å². The highest BCUT2D eigenvalue weighted by atomic mass is 35.5. The minimum Gasteiger partial charge on any atom is -0.490 e. The first-order valence-electron chi connectivity index (χ1n) is 12.5. The summed E-state index contributed by atoms with van der Waals surface area (Å²) in [5.41, 5.74) is 2.54. The third kappa shape index (κ3) is 6.34. The van der Waals surface area contributed by atoms with Gasteiger partial charge in [0.1, 0.15) is 6.61 Å². The molecule has 2 amide bonds. The number of ether oxygens (including phenoxy) is 2. The highest BCUT2D eigenvalue weighted by Gasteiger charge is 2.36. The van der Waals surface area contributed by atoms with Gasteiger partial charge in [-0.05, 0) is 73.7 Å². The maximum Gasteiger partial charge on any atom is 0.293 e. The molecule has 2 aliphatic rings. The van der Waals surface area contributed by atoms with Crippen molar-refractivity contribution in [1.29, 1.82) is 0 Å². The zero-order valence-electron chi connectivity index (χ0n) is 20.6. The Labute approximate surface area is 222 Å². The maximum atomic E-state index is 13.1. The Bertz CT molecular complexity index is 1160. The molecule has 0 aromatic heterocycles. The summed E-state index contributed by atoms with van der Waals surface area (Å²) in [4.78, 5) is 27.6. The molecule has 0 unspecified atom stereocenters. The van der Waals surface area contributed by atoms with Crippen molar-refractivity contribution in [2.24, 2.45) is 5.92 Å². The molecule has 1 heterocycles. The first-order valence-corrected chi connectivity index (χ1v) is 13.7. The van der Waals surface area contributed by atoms with Crippen molar-refractivity contribution in [2.45, 2.75) is 52.1 Å². The summed E-state index contributed by atoms with van der Waals surface area (Å²) in [6, 6.07) is 11.4. The molecule has 4 rings (SSSR count). The van der Waals surface area contributed by atoms with E-state index in [4.69, 9.17) is 21.1 Å². The van der Waals surface area contributed by atoms with E-state index in [-0.39, 0.29) is 11.1 Å². The molecule has 2 aromatic rings. The molecule has 0 radical (unpaired) electrons. The number of benzene rings is 2. The van der Waals surface area contributed by atoms with Crippen LogP contribution in [0.25, 0.3) is 6.08 Å². The van der Waals surface area contributed by atoms with Crippen LogP contribution in [-0.2, 0) is 17.8 Å². The molecule has 190 valence electrons. The lowest BCUT2D eigenvalue weighted by Gasteiger charge is -2.25. The molecular weight excluding hydrogens is 494 g/mol. The van der Waals surface area contributed by atoms with E-state index in [0.717, 1.165) is 41.3 Å². The van der Waals surface area contributed by atoms with Crippen LogP contribution < -0.4 is 9.47 Å². The smallest absolute Gasteiger partial charge is 0.293 e. The number of allylic oxidation sites excluding steroid dienone is 1. The number of thioether (sulfide) groups is 1. The van der Waals surface area contributed by atoms with Gasteiger partial charge < -0.3 is 9.47 Å². The fourth-order valence-corrected chi connectivity index (χ4v) is 5.74. The van der Waals surface area contributed by atoms with Gasteiger partial charge >= 0.3 is 0 Å². The molecule has 5 nitrogen and oxygen atoms in total. The number of carbonyl (C=O) groups is 2. The molecule has 0 atom stereocenters. The maximum absolute atomic E-state index is 13.1. The largest absolute Gasteiger partial charge is 0.490 e. The molecular formula is C29H32ClNO4S. The minimum absolute atomic E-state index is 0.187. The first kappa shape index (κ1) is 26.4. The lowest BCUT2D eigenvalue weighted by Crippen LogP contribution is -2.34. The highest BCUT2D eigenvalue weighted by Crippen LogP contribution is 2.39. The standard InChI is InChI=1S/C29H32ClNO4S/c1-3-10-22-15-21(16-25(34-4-2)27(22)35-19-23-13-8-9-14-24(23)30)17-26-28(32)31(29(33)36-26)18-20-11-6-5-7-12-20/h3,8-9,13-17,20H,1,4-7,10-12,18-19H2,2H3/b26-17+. The van der Waals surface area contributed by atoms with Gasteiger partial charge in [0.25, 0.3) is 11.1 Å². The zero-order chi connectivity index (χ0) is 25.5. The van der Waals surface area contributed by atoms with Crippen LogP contribution in [-0.4, -0.2) is 29.2 Å². The molecule has 0 bridgehead atoms. The first-order chi connectivity index (χ1) is 17.5. The molecule has 0 N–H and O–H groups in total. The Hall–Kier alpha value is -2.70. The van der Waals surface area contributed by atoms with Crippen LogP contribution in [0.15, 0.2) is 54.0 Å². The topological polar surface area (TPSA) is 55.8 Å². The summed E-state index contributed by atoms with van der Waals surface area (Å²) in [6.45, 7) is 7.06. The fourth-order valence-electron chi connectivity index (χ4n) is 4.70. The van der Waals surface area contributed by atoms with Gasteiger partial charge in [-0.15, -0.1) is 6.58 Å². The van der Waals surface area contributed by atoms with Gasteiger partial charge in [0.15, 0.2) is 11.5 Å². The molecule has 36 heavy (non-hydrogen) atoms. The number of nitrogens with zero attached hydrogens (tertiary/aromatic N) is 1. The van der Waals surface area contributed by atoms with Crippen molar-refractivity contribution in [3.63, 3.8) is 0 Å². The molecule has 1 saturated carbocycles. The van der Waals surface area contributed by atoms with E-state index in [9.17, 15) is 9.59 Å². The Balaban J connectivity index is 1.59. The monoisotopic (exact) mass is 525 g/mol. The van der Waals surface area contributed by atoms with Crippen LogP contribution in [0.2, 0.25) is 5.02 Å². The normalized spacial score (nSPS) is 17.6. The van der Waals surface area contributed by atoms with E-state index < -0.39 is 0 Å². The zero-order valence-corrected chi connectivity index (χ0v) is 22.2. The van der Waals surface area contributed by atoms with E-state index >= 15 is 0 Å². The van der Waals surface area contributed by atoms with Gasteiger partial charge in [0, 0.05) is 22.7 Å². The van der Waals surface area contributed by atoms with E-state index in [1.54, 1.807) is 12.2 Å². The summed E-state index contributed by atoms with van der Waals surface area (Å²) >= 11 is 7.32. The number of carbonyl (C=O) groups excluding carboxylic acids is 2. The Morgan fingerprint density at radius 3 is 2.61 bits per heavy atom. The van der Waals surface area contributed by atoms with Crippen LogP contribution in [0.1, 0.15) is 55.7 Å². The van der Waals surface area contributed by atoms with E-state index in [0.29, 0.717) is 53.5 Å². The van der Waals surface area contributed by atoms with Crippen LogP contribution >= 0.6 is 23.4 Å². The average Bonchev–Trinajstić information content (AvgIpc) is 3.13. The Morgan fingerprint density at radius 1 is 1.11 bits per heavy atom. The average molecular weight is 526 g/mol. The summed E-state index contributed by atoms with van der Waals surface area (Å²) < 4.78 is 12.1. The van der Waals surface area contributed by atoms with Crippen molar-refractivity contribution in [3.05, 3.63) is 75.7 Å². The molecule has 2 aromatic carbocycles. The van der Waals surface area contributed by atoms with Crippen molar-refractivity contribution in [2.75, 3.05) is 13.2 Å². The SMILES string of the molecule is C=CCc1cc(/C=C2/SC(=O)N(CC3CCCCC3)C2=O)cc(OCC)c1OCc1ccccc1Cl. The predicted molar refractivity (Wildman–Crippen MR) is 147 cm³/mol. The van der Waals surface area contributed by atoms with Crippen LogP contribution in [0.5, 0.6) is 11.5 Å². The quantitative estimate of drug-likeness (QED) is 0.235. The van der Waals surface area contributed by atoms with Crippen LogP contribution in [0, 0.1) is 5.92 Å². The third-order valence-electron chi connectivity index (χ3n) is 6.48. The summed E-state index contributed by atoms with van der Waals surface area (Å²) in [7, 11) is 0. The molecule has 7 heteroatoms. The Morgan fingerprint density at radius 2 is 1.89 bits per heavy atom. The number of hydrogen-bond acceptors (Lipinski definition) is 5. The number of hydrogen-bond donors (Lipinski definition) is 0. The summed E-state index contributed by atoms with van der Waals surface area (Å²) in [5.74, 6) is 1.40. The van der Waals surface area contributed by atoms with E-state index in [2.05, 4.69) is 6.58 Å². The van der Waals surface area contributed by atoms with Gasteiger partial charge in [-0.1, -0.05) is 55.1 Å². The van der Waals surface area contributed by atoms with Gasteiger partial charge in [0.2, 0.25) is 0 Å². The van der Waals surface area contributed by atoms with Gasteiger partial charge in [-0.3, -0.25) is 14.5 Å². The van der Waals surface area contributed by atoms with Crippen LogP contribution in [0.3, 0.4) is 0 Å².